The van der Waals surface area contributed by atoms with E-state index in [1.807, 2.05) is 6.07 Å². The normalized spacial score (nSPS) is 19.6. The number of likely N-dealkylation sites (tertiary alicyclic amines) is 1. The molecule has 24 heavy (non-hydrogen) atoms. The molecule has 0 aromatic heterocycles. The summed E-state index contributed by atoms with van der Waals surface area (Å²) in [6, 6.07) is 4.97. The summed E-state index contributed by atoms with van der Waals surface area (Å²) in [4.78, 5) is 13.8. The molecule has 2 heterocycles. The monoisotopic (exact) mass is 344 g/mol. The second kappa shape index (κ2) is 6.16. The number of piperidine rings is 1. The van der Waals surface area contributed by atoms with Crippen molar-refractivity contribution in [3.8, 4) is 5.75 Å². The zero-order valence-electron chi connectivity index (χ0n) is 13.3. The number of hydrogen-bond donors (Lipinski definition) is 1. The van der Waals surface area contributed by atoms with E-state index in [1.165, 1.54) is 4.90 Å². The minimum absolute atomic E-state index is 0.00922. The summed E-state index contributed by atoms with van der Waals surface area (Å²) in [5.74, 6) is 0.738. The number of hydrogen-bond acceptors (Lipinski definition) is 3. The molecule has 5 nitrogen and oxygen atoms in total. The number of carbonyl (C=O) groups is 1. The number of fused-ring (bicyclic) bond motifs is 1. The molecule has 0 atom stereocenters. The van der Waals surface area contributed by atoms with Gasteiger partial charge in [-0.15, -0.1) is 0 Å². The molecular formula is C16H19F3N2O3. The zero-order valence-corrected chi connectivity index (χ0v) is 13.3. The van der Waals surface area contributed by atoms with Crippen molar-refractivity contribution in [3.63, 3.8) is 0 Å². The summed E-state index contributed by atoms with van der Waals surface area (Å²) in [5, 5.41) is 2.78. The average Bonchev–Trinajstić information content (AvgIpc) is 3.03. The number of benzene rings is 1. The van der Waals surface area contributed by atoms with Crippen LogP contribution in [-0.4, -0.2) is 49.5 Å². The molecule has 0 saturated carbocycles. The molecule has 8 heteroatoms. The lowest BCUT2D eigenvalue weighted by Crippen LogP contribution is -2.56. The summed E-state index contributed by atoms with van der Waals surface area (Å²) in [7, 11) is 1.07. The number of rotatable bonds is 2. The Balaban J connectivity index is 1.65. The van der Waals surface area contributed by atoms with Crippen molar-refractivity contribution < 1.29 is 27.4 Å². The predicted octanol–water partition coefficient (Wildman–Crippen LogP) is 3.20. The molecule has 1 aromatic rings. The van der Waals surface area contributed by atoms with E-state index in [0.717, 1.165) is 18.4 Å². The number of anilines is 1. The number of alkyl halides is 3. The highest BCUT2D eigenvalue weighted by atomic mass is 19.4. The van der Waals surface area contributed by atoms with Gasteiger partial charge in [0, 0.05) is 50.7 Å². The van der Waals surface area contributed by atoms with Crippen molar-refractivity contribution in [1.29, 1.82) is 0 Å². The van der Waals surface area contributed by atoms with Gasteiger partial charge in [-0.25, -0.2) is 4.79 Å². The van der Waals surface area contributed by atoms with Crippen LogP contribution >= 0.6 is 0 Å². The lowest BCUT2D eigenvalue weighted by Gasteiger charge is -2.41. The fraction of sp³-hybridized carbons (Fsp3) is 0.562. The quantitative estimate of drug-likeness (QED) is 0.896. The molecule has 0 bridgehead atoms. The highest BCUT2D eigenvalue weighted by molar-refractivity contribution is 5.90. The van der Waals surface area contributed by atoms with Gasteiger partial charge >= 0.3 is 12.2 Å². The third-order valence-electron chi connectivity index (χ3n) is 4.75. The van der Waals surface area contributed by atoms with Gasteiger partial charge in [-0.3, -0.25) is 0 Å². The largest absolute Gasteiger partial charge is 0.493 e. The van der Waals surface area contributed by atoms with E-state index in [9.17, 15) is 18.0 Å². The minimum Gasteiger partial charge on any atom is -0.493 e. The fourth-order valence-electron chi connectivity index (χ4n) is 3.21. The van der Waals surface area contributed by atoms with Crippen molar-refractivity contribution in [2.45, 2.75) is 31.0 Å². The van der Waals surface area contributed by atoms with Crippen LogP contribution in [0.1, 0.15) is 18.4 Å². The molecule has 2 amide bonds. The van der Waals surface area contributed by atoms with Gasteiger partial charge in [-0.1, -0.05) is 6.07 Å². The van der Waals surface area contributed by atoms with Gasteiger partial charge < -0.3 is 19.7 Å². The Bertz CT molecular complexity index is 625. The van der Waals surface area contributed by atoms with Crippen molar-refractivity contribution in [1.82, 2.24) is 4.90 Å². The van der Waals surface area contributed by atoms with Gasteiger partial charge in [0.05, 0.1) is 6.61 Å². The molecule has 1 saturated heterocycles. The predicted molar refractivity (Wildman–Crippen MR) is 81.3 cm³/mol. The fourth-order valence-corrected chi connectivity index (χ4v) is 3.21. The topological polar surface area (TPSA) is 50.8 Å². The Morgan fingerprint density at radius 1 is 1.33 bits per heavy atom. The Labute approximate surface area is 137 Å². The number of nitrogens with one attached hydrogen (secondary N) is 1. The van der Waals surface area contributed by atoms with Gasteiger partial charge in [-0.05, 0) is 12.1 Å². The van der Waals surface area contributed by atoms with Crippen LogP contribution in [0, 0.1) is 0 Å². The van der Waals surface area contributed by atoms with Gasteiger partial charge in [0.25, 0.3) is 0 Å². The van der Waals surface area contributed by atoms with Gasteiger partial charge in [0.1, 0.15) is 5.75 Å². The van der Waals surface area contributed by atoms with Crippen molar-refractivity contribution in [2.24, 2.45) is 0 Å². The SMILES string of the molecule is COC1(C(F)(F)F)CCN(C(=O)Nc2cccc3c2CCO3)CC1. The smallest absolute Gasteiger partial charge is 0.417 e. The van der Waals surface area contributed by atoms with Crippen molar-refractivity contribution >= 4 is 11.7 Å². The van der Waals surface area contributed by atoms with E-state index in [0.29, 0.717) is 18.7 Å². The molecule has 132 valence electrons. The molecule has 1 N–H and O–H groups in total. The van der Waals surface area contributed by atoms with E-state index in [-0.39, 0.29) is 25.9 Å². The van der Waals surface area contributed by atoms with E-state index < -0.39 is 17.8 Å². The van der Waals surface area contributed by atoms with Crippen LogP contribution in [0.4, 0.5) is 23.7 Å². The third kappa shape index (κ3) is 2.90. The minimum atomic E-state index is -4.44. The Hall–Kier alpha value is -1.96. The van der Waals surface area contributed by atoms with Crippen LogP contribution in [0.3, 0.4) is 0 Å². The van der Waals surface area contributed by atoms with Crippen molar-refractivity contribution in [2.75, 3.05) is 32.1 Å². The van der Waals surface area contributed by atoms with Crippen LogP contribution < -0.4 is 10.1 Å². The van der Waals surface area contributed by atoms with Crippen LogP contribution in [0.15, 0.2) is 18.2 Å². The number of amides is 2. The molecule has 1 aromatic carbocycles. The van der Waals surface area contributed by atoms with Crippen LogP contribution in [-0.2, 0) is 11.2 Å². The lowest BCUT2D eigenvalue weighted by atomic mass is 9.90. The number of methoxy groups -OCH3 is 1. The van der Waals surface area contributed by atoms with Crippen LogP contribution in [0.2, 0.25) is 0 Å². The average molecular weight is 344 g/mol. The first-order valence-electron chi connectivity index (χ1n) is 7.79. The highest BCUT2D eigenvalue weighted by Crippen LogP contribution is 2.41. The van der Waals surface area contributed by atoms with E-state index in [4.69, 9.17) is 9.47 Å². The molecule has 2 aliphatic rings. The second-order valence-corrected chi connectivity index (χ2v) is 5.99. The van der Waals surface area contributed by atoms with E-state index >= 15 is 0 Å². The number of carbonyl (C=O) groups excluding carboxylic acids is 1. The molecule has 0 unspecified atom stereocenters. The van der Waals surface area contributed by atoms with E-state index in [2.05, 4.69) is 5.32 Å². The van der Waals surface area contributed by atoms with Crippen molar-refractivity contribution in [3.05, 3.63) is 23.8 Å². The standard InChI is InChI=1S/C16H19F3N2O3/c1-23-15(16(17,18)19)6-8-21(9-7-15)14(22)20-12-3-2-4-13-11(12)5-10-24-13/h2-4H,5-10H2,1H3,(H,20,22). The van der Waals surface area contributed by atoms with Gasteiger partial charge in [0.2, 0.25) is 0 Å². The molecule has 0 radical (unpaired) electrons. The summed E-state index contributed by atoms with van der Waals surface area (Å²) in [6.45, 7) is 0.545. The number of nitrogens with zero attached hydrogens (tertiary/aromatic N) is 1. The first-order chi connectivity index (χ1) is 11.4. The molecule has 0 spiro atoms. The van der Waals surface area contributed by atoms with Crippen LogP contribution in [0.25, 0.3) is 0 Å². The van der Waals surface area contributed by atoms with E-state index in [1.54, 1.807) is 12.1 Å². The van der Waals surface area contributed by atoms with Gasteiger partial charge in [-0.2, -0.15) is 13.2 Å². The number of ether oxygens (including phenoxy) is 2. The molecule has 0 aliphatic carbocycles. The molecule has 2 aliphatic heterocycles. The number of urea groups is 1. The second-order valence-electron chi connectivity index (χ2n) is 5.99. The molecule has 3 rings (SSSR count). The Morgan fingerprint density at radius 2 is 2.04 bits per heavy atom. The maximum atomic E-state index is 13.2. The first kappa shape index (κ1) is 16.9. The zero-order chi connectivity index (χ0) is 17.4. The Kier molecular flexibility index (Phi) is 4.33. The third-order valence-corrected chi connectivity index (χ3v) is 4.75. The highest BCUT2D eigenvalue weighted by Gasteiger charge is 2.56. The molecule has 1 fully saturated rings. The maximum absolute atomic E-state index is 13.2. The maximum Gasteiger partial charge on any atom is 0.417 e. The lowest BCUT2D eigenvalue weighted by molar-refractivity contribution is -0.280. The number of halogens is 3. The summed E-state index contributed by atoms with van der Waals surface area (Å²) < 4.78 is 49.7. The summed E-state index contributed by atoms with van der Waals surface area (Å²) in [6.07, 6.45) is -4.28. The summed E-state index contributed by atoms with van der Waals surface area (Å²) in [5.41, 5.74) is -0.593. The van der Waals surface area contributed by atoms with Crippen LogP contribution in [0.5, 0.6) is 5.75 Å². The van der Waals surface area contributed by atoms with Gasteiger partial charge in [0.15, 0.2) is 5.60 Å². The first-order valence-corrected chi connectivity index (χ1v) is 7.79. The Morgan fingerprint density at radius 3 is 2.67 bits per heavy atom. The summed E-state index contributed by atoms with van der Waals surface area (Å²) >= 11 is 0. The molecular weight excluding hydrogens is 325 g/mol.